The first-order valence-electron chi connectivity index (χ1n) is 7.63. The maximum Gasteiger partial charge on any atom is 0.335 e. The van der Waals surface area contributed by atoms with Crippen LogP contribution in [0.5, 0.6) is 0 Å². The number of carbonyl (C=O) groups excluding carboxylic acids is 1. The first kappa shape index (κ1) is 15.5. The first-order valence-corrected chi connectivity index (χ1v) is 7.63. The Hall–Kier alpha value is -1.84. The Morgan fingerprint density at radius 2 is 1.86 bits per heavy atom. The summed E-state index contributed by atoms with van der Waals surface area (Å²) in [6.45, 7) is 4.92. The third-order valence-corrected chi connectivity index (χ3v) is 3.94. The van der Waals surface area contributed by atoms with Gasteiger partial charge in [-0.15, -0.1) is 0 Å². The summed E-state index contributed by atoms with van der Waals surface area (Å²) in [4.78, 5) is 25.8. The minimum atomic E-state index is -0.999. The SMILES string of the molecule is CC(C)CN(C(=O)c1cccc(C(=O)O)c1)C1CCCC1. The molecular formula is C17H23NO3. The van der Waals surface area contributed by atoms with E-state index in [1.165, 1.54) is 25.0 Å². The van der Waals surface area contributed by atoms with E-state index in [0.717, 1.165) is 19.4 Å². The lowest BCUT2D eigenvalue weighted by Crippen LogP contribution is -2.41. The molecule has 0 bridgehead atoms. The van der Waals surface area contributed by atoms with E-state index < -0.39 is 5.97 Å². The molecule has 114 valence electrons. The van der Waals surface area contributed by atoms with Crippen LogP contribution in [-0.2, 0) is 0 Å². The summed E-state index contributed by atoms with van der Waals surface area (Å²) in [6, 6.07) is 6.64. The van der Waals surface area contributed by atoms with Crippen LogP contribution in [0.25, 0.3) is 0 Å². The van der Waals surface area contributed by atoms with Crippen LogP contribution in [0, 0.1) is 5.92 Å². The Balaban J connectivity index is 2.24. The van der Waals surface area contributed by atoms with Gasteiger partial charge in [0.05, 0.1) is 5.56 Å². The fourth-order valence-electron chi connectivity index (χ4n) is 2.96. The molecule has 1 fully saturated rings. The number of hydrogen-bond donors (Lipinski definition) is 1. The maximum atomic E-state index is 12.8. The van der Waals surface area contributed by atoms with E-state index in [9.17, 15) is 9.59 Å². The summed E-state index contributed by atoms with van der Waals surface area (Å²) in [5.41, 5.74) is 0.638. The van der Waals surface area contributed by atoms with Crippen LogP contribution in [0.3, 0.4) is 0 Å². The minimum Gasteiger partial charge on any atom is -0.478 e. The predicted molar refractivity (Wildman–Crippen MR) is 81.5 cm³/mol. The maximum absolute atomic E-state index is 12.8. The average molecular weight is 289 g/mol. The van der Waals surface area contributed by atoms with Crippen molar-refractivity contribution in [3.05, 3.63) is 35.4 Å². The van der Waals surface area contributed by atoms with Crippen LogP contribution in [-0.4, -0.2) is 34.5 Å². The highest BCUT2D eigenvalue weighted by molar-refractivity contribution is 5.97. The highest BCUT2D eigenvalue weighted by Crippen LogP contribution is 2.26. The van der Waals surface area contributed by atoms with Gasteiger partial charge in [0, 0.05) is 18.2 Å². The molecule has 21 heavy (non-hydrogen) atoms. The average Bonchev–Trinajstić information content (AvgIpc) is 2.98. The van der Waals surface area contributed by atoms with Crippen molar-refractivity contribution < 1.29 is 14.7 Å². The number of benzene rings is 1. The third-order valence-electron chi connectivity index (χ3n) is 3.94. The topological polar surface area (TPSA) is 57.6 Å². The molecular weight excluding hydrogens is 266 g/mol. The summed E-state index contributed by atoms with van der Waals surface area (Å²) in [7, 11) is 0. The van der Waals surface area contributed by atoms with Gasteiger partial charge >= 0.3 is 5.97 Å². The lowest BCUT2D eigenvalue weighted by molar-refractivity contribution is 0.0655. The van der Waals surface area contributed by atoms with Gasteiger partial charge in [-0.3, -0.25) is 4.79 Å². The number of carboxylic acids is 1. The molecule has 4 heteroatoms. The molecule has 1 aromatic rings. The Labute approximate surface area is 125 Å². The van der Waals surface area contributed by atoms with E-state index in [1.54, 1.807) is 12.1 Å². The second-order valence-electron chi connectivity index (χ2n) is 6.18. The Morgan fingerprint density at radius 3 is 2.43 bits per heavy atom. The van der Waals surface area contributed by atoms with Gasteiger partial charge < -0.3 is 10.0 Å². The fourth-order valence-corrected chi connectivity index (χ4v) is 2.96. The largest absolute Gasteiger partial charge is 0.478 e. The van der Waals surface area contributed by atoms with Crippen molar-refractivity contribution in [1.82, 2.24) is 4.90 Å². The van der Waals surface area contributed by atoms with Gasteiger partial charge in [0.15, 0.2) is 0 Å². The molecule has 0 atom stereocenters. The molecule has 1 N–H and O–H groups in total. The lowest BCUT2D eigenvalue weighted by atomic mass is 10.1. The van der Waals surface area contributed by atoms with Crippen molar-refractivity contribution in [2.75, 3.05) is 6.54 Å². The van der Waals surface area contributed by atoms with E-state index in [1.807, 2.05) is 4.90 Å². The quantitative estimate of drug-likeness (QED) is 0.903. The standard InChI is InChI=1S/C17H23NO3/c1-12(2)11-18(15-8-3-4-9-15)16(19)13-6-5-7-14(10-13)17(20)21/h5-7,10,12,15H,3-4,8-9,11H2,1-2H3,(H,20,21). The van der Waals surface area contributed by atoms with Crippen LogP contribution < -0.4 is 0 Å². The van der Waals surface area contributed by atoms with Gasteiger partial charge in [0.1, 0.15) is 0 Å². The first-order chi connectivity index (χ1) is 9.99. The summed E-state index contributed by atoms with van der Waals surface area (Å²) >= 11 is 0. The van der Waals surface area contributed by atoms with E-state index in [2.05, 4.69) is 13.8 Å². The number of amides is 1. The fraction of sp³-hybridized carbons (Fsp3) is 0.529. The van der Waals surface area contributed by atoms with Crippen LogP contribution in [0.1, 0.15) is 60.2 Å². The number of carboxylic acid groups (broad SMARTS) is 1. The molecule has 0 aliphatic heterocycles. The van der Waals surface area contributed by atoms with Gasteiger partial charge in [-0.25, -0.2) is 4.79 Å². The highest BCUT2D eigenvalue weighted by Gasteiger charge is 2.28. The van der Waals surface area contributed by atoms with Crippen molar-refractivity contribution in [1.29, 1.82) is 0 Å². The third kappa shape index (κ3) is 3.84. The zero-order chi connectivity index (χ0) is 15.4. The number of aromatic carboxylic acids is 1. The van der Waals surface area contributed by atoms with Gasteiger partial charge in [-0.05, 0) is 37.0 Å². The molecule has 1 saturated carbocycles. The summed E-state index contributed by atoms with van der Waals surface area (Å²) in [5, 5.41) is 9.06. The molecule has 1 aliphatic carbocycles. The summed E-state index contributed by atoms with van der Waals surface area (Å²) < 4.78 is 0. The molecule has 0 aromatic heterocycles. The van der Waals surface area contributed by atoms with Gasteiger partial charge in [0.25, 0.3) is 5.91 Å². The Kier molecular flexibility index (Phi) is 4.99. The number of nitrogens with zero attached hydrogens (tertiary/aromatic N) is 1. The molecule has 4 nitrogen and oxygen atoms in total. The van der Waals surface area contributed by atoms with Crippen LogP contribution in [0.4, 0.5) is 0 Å². The lowest BCUT2D eigenvalue weighted by Gasteiger charge is -2.30. The van der Waals surface area contributed by atoms with Crippen LogP contribution in [0.2, 0.25) is 0 Å². The van der Waals surface area contributed by atoms with E-state index >= 15 is 0 Å². The second-order valence-corrected chi connectivity index (χ2v) is 6.18. The number of hydrogen-bond acceptors (Lipinski definition) is 2. The van der Waals surface area contributed by atoms with Gasteiger partial charge in [-0.2, -0.15) is 0 Å². The van der Waals surface area contributed by atoms with Gasteiger partial charge in [-0.1, -0.05) is 32.8 Å². The molecule has 0 heterocycles. The Morgan fingerprint density at radius 1 is 1.24 bits per heavy atom. The molecule has 1 aromatic carbocycles. The van der Waals surface area contributed by atoms with Crippen molar-refractivity contribution in [3.63, 3.8) is 0 Å². The van der Waals surface area contributed by atoms with Crippen LogP contribution >= 0.6 is 0 Å². The summed E-state index contributed by atoms with van der Waals surface area (Å²) in [5.74, 6) is -0.642. The normalized spacial score (nSPS) is 15.4. The highest BCUT2D eigenvalue weighted by atomic mass is 16.4. The van der Waals surface area contributed by atoms with E-state index in [4.69, 9.17) is 5.11 Å². The zero-order valence-corrected chi connectivity index (χ0v) is 12.7. The number of rotatable bonds is 5. The van der Waals surface area contributed by atoms with E-state index in [0.29, 0.717) is 17.5 Å². The predicted octanol–water partition coefficient (Wildman–Crippen LogP) is 3.43. The molecule has 1 aliphatic rings. The molecule has 1 amide bonds. The Bertz CT molecular complexity index is 519. The molecule has 0 saturated heterocycles. The number of carbonyl (C=O) groups is 2. The monoisotopic (exact) mass is 289 g/mol. The summed E-state index contributed by atoms with van der Waals surface area (Å²) in [6.07, 6.45) is 4.44. The molecule has 0 spiro atoms. The van der Waals surface area contributed by atoms with Gasteiger partial charge in [0.2, 0.25) is 0 Å². The minimum absolute atomic E-state index is 0.0429. The van der Waals surface area contributed by atoms with Crippen molar-refractivity contribution in [2.24, 2.45) is 5.92 Å². The van der Waals surface area contributed by atoms with Crippen LogP contribution in [0.15, 0.2) is 24.3 Å². The van der Waals surface area contributed by atoms with E-state index in [-0.39, 0.29) is 11.5 Å². The smallest absolute Gasteiger partial charge is 0.335 e. The van der Waals surface area contributed by atoms with Crippen molar-refractivity contribution in [3.8, 4) is 0 Å². The molecule has 0 radical (unpaired) electrons. The zero-order valence-electron chi connectivity index (χ0n) is 12.7. The molecule has 0 unspecified atom stereocenters. The van der Waals surface area contributed by atoms with Crippen molar-refractivity contribution in [2.45, 2.75) is 45.6 Å². The van der Waals surface area contributed by atoms with Crippen molar-refractivity contribution >= 4 is 11.9 Å². The molecule has 2 rings (SSSR count). The second kappa shape index (κ2) is 6.74.